The summed E-state index contributed by atoms with van der Waals surface area (Å²) in [5.74, 6) is -0.312. The molecule has 0 aliphatic heterocycles. The molecule has 4 nitrogen and oxygen atoms in total. The lowest BCUT2D eigenvalue weighted by molar-refractivity contribution is 0.0342. The van der Waals surface area contributed by atoms with Crippen LogP contribution in [0.5, 0.6) is 0 Å². The SMILES string of the molecule is CCCc1nc(C)c(C(=O)OC(C)c2cnc3ccccc3c2)s1. The van der Waals surface area contributed by atoms with Crippen LogP contribution >= 0.6 is 11.3 Å². The van der Waals surface area contributed by atoms with Gasteiger partial charge in [-0.2, -0.15) is 0 Å². The van der Waals surface area contributed by atoms with Crippen molar-refractivity contribution in [1.29, 1.82) is 0 Å². The lowest BCUT2D eigenvalue weighted by Gasteiger charge is -2.13. The predicted molar refractivity (Wildman–Crippen MR) is 96.4 cm³/mol. The highest BCUT2D eigenvalue weighted by molar-refractivity contribution is 7.13. The molecule has 3 aromatic rings. The zero-order valence-electron chi connectivity index (χ0n) is 14.1. The first kappa shape index (κ1) is 16.6. The molecule has 1 aromatic carbocycles. The van der Waals surface area contributed by atoms with Gasteiger partial charge in [0.15, 0.2) is 0 Å². The van der Waals surface area contributed by atoms with E-state index in [2.05, 4.69) is 16.9 Å². The second-order valence-corrected chi connectivity index (χ2v) is 6.86. The molecule has 124 valence electrons. The lowest BCUT2D eigenvalue weighted by atomic mass is 10.1. The van der Waals surface area contributed by atoms with Crippen molar-refractivity contribution >= 4 is 28.2 Å². The van der Waals surface area contributed by atoms with Crippen molar-refractivity contribution in [3.8, 4) is 0 Å². The van der Waals surface area contributed by atoms with Gasteiger partial charge in [0.05, 0.1) is 16.2 Å². The first-order valence-corrected chi connectivity index (χ1v) is 8.92. The van der Waals surface area contributed by atoms with Gasteiger partial charge in [0, 0.05) is 17.1 Å². The van der Waals surface area contributed by atoms with Crippen molar-refractivity contribution in [2.75, 3.05) is 0 Å². The van der Waals surface area contributed by atoms with E-state index in [1.54, 1.807) is 6.20 Å². The summed E-state index contributed by atoms with van der Waals surface area (Å²) in [6.07, 6.45) is 3.32. The molecule has 0 saturated carbocycles. The number of hydrogen-bond donors (Lipinski definition) is 0. The number of benzene rings is 1. The van der Waals surface area contributed by atoms with Gasteiger partial charge in [-0.3, -0.25) is 4.98 Å². The summed E-state index contributed by atoms with van der Waals surface area (Å²) < 4.78 is 5.64. The number of para-hydroxylation sites is 1. The molecule has 2 heterocycles. The van der Waals surface area contributed by atoms with Crippen LogP contribution in [0, 0.1) is 6.92 Å². The Morgan fingerprint density at radius 3 is 2.92 bits per heavy atom. The number of aryl methyl sites for hydroxylation is 2. The third kappa shape index (κ3) is 3.46. The van der Waals surface area contributed by atoms with Gasteiger partial charge < -0.3 is 4.74 Å². The van der Waals surface area contributed by atoms with Crippen LogP contribution in [0.15, 0.2) is 36.5 Å². The van der Waals surface area contributed by atoms with Crippen molar-refractivity contribution in [3.63, 3.8) is 0 Å². The number of aromatic nitrogens is 2. The summed E-state index contributed by atoms with van der Waals surface area (Å²) in [6.45, 7) is 5.82. The summed E-state index contributed by atoms with van der Waals surface area (Å²) in [6, 6.07) is 9.91. The predicted octanol–water partition coefficient (Wildman–Crippen LogP) is 4.87. The minimum atomic E-state index is -0.356. The maximum absolute atomic E-state index is 12.5. The molecule has 2 aromatic heterocycles. The molecule has 0 aliphatic rings. The third-order valence-electron chi connectivity index (χ3n) is 3.86. The van der Waals surface area contributed by atoms with Gasteiger partial charge >= 0.3 is 5.97 Å². The molecule has 24 heavy (non-hydrogen) atoms. The molecular weight excluding hydrogens is 320 g/mol. The molecule has 3 rings (SSSR count). The topological polar surface area (TPSA) is 52.1 Å². The Morgan fingerprint density at radius 1 is 1.33 bits per heavy atom. The van der Waals surface area contributed by atoms with E-state index in [-0.39, 0.29) is 12.1 Å². The fourth-order valence-electron chi connectivity index (χ4n) is 2.55. The molecule has 0 amide bonds. The second-order valence-electron chi connectivity index (χ2n) is 5.78. The van der Waals surface area contributed by atoms with Crippen LogP contribution in [-0.2, 0) is 11.2 Å². The van der Waals surface area contributed by atoms with Crippen LogP contribution in [0.25, 0.3) is 10.9 Å². The van der Waals surface area contributed by atoms with E-state index in [0.717, 1.165) is 40.0 Å². The number of ether oxygens (including phenoxy) is 1. The Kier molecular flexibility index (Phi) is 4.90. The molecule has 0 aliphatic carbocycles. The van der Waals surface area contributed by atoms with Crippen LogP contribution in [0.2, 0.25) is 0 Å². The Bertz CT molecular complexity index is 873. The van der Waals surface area contributed by atoms with Crippen LogP contribution in [0.3, 0.4) is 0 Å². The Labute approximate surface area is 145 Å². The fraction of sp³-hybridized carbons (Fsp3) is 0.316. The summed E-state index contributed by atoms with van der Waals surface area (Å²) in [5, 5.41) is 2.03. The van der Waals surface area contributed by atoms with Gasteiger partial charge in [0.2, 0.25) is 0 Å². The number of carbonyl (C=O) groups is 1. The maximum atomic E-state index is 12.5. The van der Waals surface area contributed by atoms with E-state index >= 15 is 0 Å². The molecule has 0 spiro atoms. The van der Waals surface area contributed by atoms with Crippen molar-refractivity contribution in [3.05, 3.63) is 57.7 Å². The highest BCUT2D eigenvalue weighted by atomic mass is 32.1. The van der Waals surface area contributed by atoms with Gasteiger partial charge in [-0.15, -0.1) is 11.3 Å². The monoisotopic (exact) mass is 340 g/mol. The van der Waals surface area contributed by atoms with Crippen LogP contribution in [-0.4, -0.2) is 15.9 Å². The molecule has 1 unspecified atom stereocenters. The Balaban J connectivity index is 1.77. The zero-order valence-corrected chi connectivity index (χ0v) is 14.9. The average molecular weight is 340 g/mol. The van der Waals surface area contributed by atoms with E-state index in [4.69, 9.17) is 4.74 Å². The number of nitrogens with zero attached hydrogens (tertiary/aromatic N) is 2. The lowest BCUT2D eigenvalue weighted by Crippen LogP contribution is -2.09. The number of esters is 1. The third-order valence-corrected chi connectivity index (χ3v) is 5.05. The highest BCUT2D eigenvalue weighted by Crippen LogP contribution is 2.25. The zero-order chi connectivity index (χ0) is 17.1. The Morgan fingerprint density at radius 2 is 2.12 bits per heavy atom. The van der Waals surface area contributed by atoms with Gasteiger partial charge in [0.1, 0.15) is 11.0 Å². The number of thiazole rings is 1. The summed E-state index contributed by atoms with van der Waals surface area (Å²) in [7, 11) is 0. The Hall–Kier alpha value is -2.27. The van der Waals surface area contributed by atoms with E-state index in [1.807, 2.05) is 44.2 Å². The number of hydrogen-bond acceptors (Lipinski definition) is 5. The van der Waals surface area contributed by atoms with E-state index in [9.17, 15) is 4.79 Å². The standard InChI is InChI=1S/C19H20N2O2S/c1-4-7-17-21-12(2)18(24-17)19(22)23-13(3)15-10-14-8-5-6-9-16(14)20-11-15/h5-6,8-11,13H,4,7H2,1-3H3. The smallest absolute Gasteiger partial charge is 0.350 e. The minimum absolute atomic E-state index is 0.312. The summed E-state index contributed by atoms with van der Waals surface area (Å²) in [4.78, 5) is 21.9. The first-order chi connectivity index (χ1) is 11.6. The largest absolute Gasteiger partial charge is 0.453 e. The van der Waals surface area contributed by atoms with Crippen molar-refractivity contribution in [2.24, 2.45) is 0 Å². The molecular formula is C19H20N2O2S. The normalized spacial score (nSPS) is 12.3. The summed E-state index contributed by atoms with van der Waals surface area (Å²) in [5.41, 5.74) is 2.57. The molecule has 0 fully saturated rings. The van der Waals surface area contributed by atoms with Gasteiger partial charge in [0.25, 0.3) is 0 Å². The molecule has 0 radical (unpaired) electrons. The highest BCUT2D eigenvalue weighted by Gasteiger charge is 2.20. The number of fused-ring (bicyclic) bond motifs is 1. The molecule has 1 atom stereocenters. The van der Waals surface area contributed by atoms with Crippen LogP contribution in [0.1, 0.15) is 52.3 Å². The number of carbonyl (C=O) groups excluding carboxylic acids is 1. The fourth-order valence-corrected chi connectivity index (χ4v) is 3.60. The number of pyridine rings is 1. The molecule has 5 heteroatoms. The minimum Gasteiger partial charge on any atom is -0.453 e. The van der Waals surface area contributed by atoms with Crippen molar-refractivity contribution in [2.45, 2.75) is 39.7 Å². The van der Waals surface area contributed by atoms with Gasteiger partial charge in [-0.1, -0.05) is 25.1 Å². The van der Waals surface area contributed by atoms with Crippen LogP contribution < -0.4 is 0 Å². The number of rotatable bonds is 5. The van der Waals surface area contributed by atoms with Crippen molar-refractivity contribution in [1.82, 2.24) is 9.97 Å². The van der Waals surface area contributed by atoms with Crippen molar-refractivity contribution < 1.29 is 9.53 Å². The summed E-state index contributed by atoms with van der Waals surface area (Å²) >= 11 is 1.43. The average Bonchev–Trinajstić information content (AvgIpc) is 2.95. The second kappa shape index (κ2) is 7.09. The quantitative estimate of drug-likeness (QED) is 0.622. The van der Waals surface area contributed by atoms with Gasteiger partial charge in [-0.25, -0.2) is 9.78 Å². The van der Waals surface area contributed by atoms with E-state index < -0.39 is 0 Å². The van der Waals surface area contributed by atoms with E-state index in [1.165, 1.54) is 11.3 Å². The van der Waals surface area contributed by atoms with Gasteiger partial charge in [-0.05, 0) is 38.8 Å². The molecule has 0 N–H and O–H groups in total. The molecule has 0 saturated heterocycles. The first-order valence-electron chi connectivity index (χ1n) is 8.10. The van der Waals surface area contributed by atoms with Crippen LogP contribution in [0.4, 0.5) is 0 Å². The maximum Gasteiger partial charge on any atom is 0.350 e. The van der Waals surface area contributed by atoms with E-state index in [0.29, 0.717) is 4.88 Å². The molecule has 0 bridgehead atoms.